The number of piperidine rings is 1. The summed E-state index contributed by atoms with van der Waals surface area (Å²) in [6, 6.07) is 2.88. The molecule has 2 aliphatic rings. The Morgan fingerprint density at radius 3 is 2.71 bits per heavy atom. The van der Waals surface area contributed by atoms with Crippen LogP contribution in [0.25, 0.3) is 10.9 Å². The minimum absolute atomic E-state index is 0.471. The Morgan fingerprint density at radius 1 is 1.00 bits per heavy atom. The summed E-state index contributed by atoms with van der Waals surface area (Å²) in [5.41, 5.74) is 0.471. The van der Waals surface area contributed by atoms with E-state index < -0.39 is 11.6 Å². The first-order valence-corrected chi connectivity index (χ1v) is 7.60. The van der Waals surface area contributed by atoms with E-state index in [4.69, 9.17) is 0 Å². The molecule has 0 amide bonds. The first kappa shape index (κ1) is 12.9. The molecular formula is C16H17F2N3. The smallest absolute Gasteiger partial charge is 0.161 e. The Labute approximate surface area is 122 Å². The molecular weight excluding hydrogens is 272 g/mol. The summed E-state index contributed by atoms with van der Waals surface area (Å²) in [4.78, 5) is 10.8. The highest BCUT2D eigenvalue weighted by Gasteiger charge is 2.36. The minimum atomic E-state index is -0.857. The number of hydrogen-bond donors (Lipinski definition) is 0. The van der Waals surface area contributed by atoms with Crippen LogP contribution in [0.2, 0.25) is 0 Å². The zero-order valence-electron chi connectivity index (χ0n) is 11.7. The predicted molar refractivity (Wildman–Crippen MR) is 77.2 cm³/mol. The van der Waals surface area contributed by atoms with Crippen molar-refractivity contribution in [3.05, 3.63) is 30.1 Å². The van der Waals surface area contributed by atoms with E-state index in [2.05, 4.69) is 14.9 Å². The fourth-order valence-electron chi connectivity index (χ4n) is 3.98. The maximum absolute atomic E-state index is 13.6. The van der Waals surface area contributed by atoms with Gasteiger partial charge in [-0.1, -0.05) is 6.42 Å². The Kier molecular flexibility index (Phi) is 3.01. The number of benzene rings is 1. The second-order valence-electron chi connectivity index (χ2n) is 6.07. The lowest BCUT2D eigenvalue weighted by Gasteiger charge is -2.39. The largest absolute Gasteiger partial charge is 0.353 e. The van der Waals surface area contributed by atoms with Crippen molar-refractivity contribution in [2.24, 2.45) is 5.92 Å². The molecule has 0 spiro atoms. The highest BCUT2D eigenvalue weighted by Crippen LogP contribution is 2.40. The maximum atomic E-state index is 13.6. The summed E-state index contributed by atoms with van der Waals surface area (Å²) >= 11 is 0. The second-order valence-corrected chi connectivity index (χ2v) is 6.07. The molecule has 2 fully saturated rings. The standard InChI is InChI=1S/C16H17F2N3/c17-12-7-11-14(8-13(12)18)19-9-20-16(11)21-6-2-4-10-3-1-5-15(10)21/h7-10,15H,1-6H2/t10-,15+/m1/s1. The van der Waals surface area contributed by atoms with E-state index in [0.717, 1.165) is 24.8 Å². The average Bonchev–Trinajstić information content (AvgIpc) is 2.96. The number of halogens is 2. The van der Waals surface area contributed by atoms with Gasteiger partial charge in [-0.05, 0) is 37.7 Å². The fraction of sp³-hybridized carbons (Fsp3) is 0.500. The quantitative estimate of drug-likeness (QED) is 0.802. The van der Waals surface area contributed by atoms with Crippen molar-refractivity contribution < 1.29 is 8.78 Å². The lowest BCUT2D eigenvalue weighted by molar-refractivity contribution is 0.361. The Balaban J connectivity index is 1.84. The average molecular weight is 289 g/mol. The molecule has 1 saturated carbocycles. The molecule has 0 N–H and O–H groups in total. The van der Waals surface area contributed by atoms with Crippen LogP contribution < -0.4 is 4.90 Å². The topological polar surface area (TPSA) is 29.0 Å². The van der Waals surface area contributed by atoms with E-state index >= 15 is 0 Å². The van der Waals surface area contributed by atoms with Gasteiger partial charge in [-0.25, -0.2) is 18.7 Å². The summed E-state index contributed by atoms with van der Waals surface area (Å²) < 4.78 is 27.0. The monoisotopic (exact) mass is 289 g/mol. The van der Waals surface area contributed by atoms with Crippen molar-refractivity contribution in [2.75, 3.05) is 11.4 Å². The third-order valence-electron chi connectivity index (χ3n) is 4.92. The minimum Gasteiger partial charge on any atom is -0.353 e. The number of hydrogen-bond acceptors (Lipinski definition) is 3. The Morgan fingerprint density at radius 2 is 1.81 bits per heavy atom. The van der Waals surface area contributed by atoms with Gasteiger partial charge in [0.05, 0.1) is 5.52 Å². The van der Waals surface area contributed by atoms with E-state index in [-0.39, 0.29) is 0 Å². The summed E-state index contributed by atoms with van der Waals surface area (Å²) in [6.45, 7) is 0.937. The molecule has 2 atom stereocenters. The molecule has 1 aromatic carbocycles. The Bertz CT molecular complexity index is 689. The summed E-state index contributed by atoms with van der Waals surface area (Å²) in [6.07, 6.45) is 7.54. The number of fused-ring (bicyclic) bond motifs is 2. The van der Waals surface area contributed by atoms with Crippen LogP contribution in [0.3, 0.4) is 0 Å². The zero-order chi connectivity index (χ0) is 14.4. The van der Waals surface area contributed by atoms with Crippen LogP contribution >= 0.6 is 0 Å². The van der Waals surface area contributed by atoms with Crippen LogP contribution in [-0.2, 0) is 0 Å². The van der Waals surface area contributed by atoms with Gasteiger partial charge in [-0.2, -0.15) is 0 Å². The van der Waals surface area contributed by atoms with Crippen LogP contribution in [0.4, 0.5) is 14.6 Å². The van der Waals surface area contributed by atoms with Crippen molar-refractivity contribution in [2.45, 2.75) is 38.1 Å². The van der Waals surface area contributed by atoms with Gasteiger partial charge in [0.2, 0.25) is 0 Å². The molecule has 5 heteroatoms. The molecule has 0 bridgehead atoms. The highest BCUT2D eigenvalue weighted by molar-refractivity contribution is 5.89. The summed E-state index contributed by atoms with van der Waals surface area (Å²) in [5.74, 6) is -0.215. The van der Waals surface area contributed by atoms with E-state index in [0.29, 0.717) is 22.9 Å². The van der Waals surface area contributed by atoms with Crippen molar-refractivity contribution in [1.29, 1.82) is 0 Å². The molecule has 0 unspecified atom stereocenters. The van der Waals surface area contributed by atoms with Crippen LogP contribution in [0.5, 0.6) is 0 Å². The molecule has 2 heterocycles. The third-order valence-corrected chi connectivity index (χ3v) is 4.92. The van der Waals surface area contributed by atoms with E-state index in [1.165, 1.54) is 38.1 Å². The van der Waals surface area contributed by atoms with Gasteiger partial charge in [0, 0.05) is 24.0 Å². The molecule has 1 aromatic heterocycles. The SMILES string of the molecule is Fc1cc2ncnc(N3CCC[C@H]4CCC[C@@H]43)c2cc1F. The zero-order valence-corrected chi connectivity index (χ0v) is 11.7. The van der Waals surface area contributed by atoms with Crippen molar-refractivity contribution in [3.63, 3.8) is 0 Å². The molecule has 3 nitrogen and oxygen atoms in total. The van der Waals surface area contributed by atoms with Crippen LogP contribution in [0.1, 0.15) is 32.1 Å². The lowest BCUT2D eigenvalue weighted by Crippen LogP contribution is -2.43. The maximum Gasteiger partial charge on any atom is 0.161 e. The van der Waals surface area contributed by atoms with Crippen LogP contribution in [0, 0.1) is 17.6 Å². The Hall–Kier alpha value is -1.78. The molecule has 1 saturated heterocycles. The molecule has 1 aliphatic heterocycles. The molecule has 4 rings (SSSR count). The molecule has 2 aromatic rings. The van der Waals surface area contributed by atoms with Crippen molar-refractivity contribution in [3.8, 4) is 0 Å². The highest BCUT2D eigenvalue weighted by atomic mass is 19.2. The normalized spacial score (nSPS) is 25.3. The number of aromatic nitrogens is 2. The number of rotatable bonds is 1. The van der Waals surface area contributed by atoms with Crippen LogP contribution in [0.15, 0.2) is 18.5 Å². The van der Waals surface area contributed by atoms with Gasteiger partial charge in [-0.3, -0.25) is 0 Å². The van der Waals surface area contributed by atoms with Gasteiger partial charge in [0.25, 0.3) is 0 Å². The molecule has 21 heavy (non-hydrogen) atoms. The number of anilines is 1. The van der Waals surface area contributed by atoms with Gasteiger partial charge in [0.1, 0.15) is 12.1 Å². The van der Waals surface area contributed by atoms with Gasteiger partial charge >= 0.3 is 0 Å². The van der Waals surface area contributed by atoms with E-state index in [1.807, 2.05) is 0 Å². The first-order chi connectivity index (χ1) is 10.2. The van der Waals surface area contributed by atoms with Crippen molar-refractivity contribution >= 4 is 16.7 Å². The molecule has 110 valence electrons. The third kappa shape index (κ3) is 2.06. The van der Waals surface area contributed by atoms with Crippen LogP contribution in [-0.4, -0.2) is 22.6 Å². The number of nitrogens with zero attached hydrogens (tertiary/aromatic N) is 3. The lowest BCUT2D eigenvalue weighted by atomic mass is 9.92. The van der Waals surface area contributed by atoms with Gasteiger partial charge in [-0.15, -0.1) is 0 Å². The van der Waals surface area contributed by atoms with E-state index in [1.54, 1.807) is 0 Å². The van der Waals surface area contributed by atoms with Gasteiger partial charge in [0.15, 0.2) is 11.6 Å². The predicted octanol–water partition coefficient (Wildman–Crippen LogP) is 3.68. The van der Waals surface area contributed by atoms with Crippen molar-refractivity contribution in [1.82, 2.24) is 9.97 Å². The second kappa shape index (κ2) is 4.90. The van der Waals surface area contributed by atoms with Gasteiger partial charge < -0.3 is 4.90 Å². The van der Waals surface area contributed by atoms with E-state index in [9.17, 15) is 8.78 Å². The fourth-order valence-corrected chi connectivity index (χ4v) is 3.98. The summed E-state index contributed by atoms with van der Waals surface area (Å²) in [7, 11) is 0. The molecule has 0 radical (unpaired) electrons. The first-order valence-electron chi connectivity index (χ1n) is 7.60. The summed E-state index contributed by atoms with van der Waals surface area (Å²) in [5, 5.41) is 0.615. The molecule has 1 aliphatic carbocycles.